The molecule has 0 saturated carbocycles. The second kappa shape index (κ2) is 9.85. The summed E-state index contributed by atoms with van der Waals surface area (Å²) in [6.07, 6.45) is 3.22. The number of carbonyl (C=O) groups is 1. The third-order valence-electron chi connectivity index (χ3n) is 3.95. The Morgan fingerprint density at radius 1 is 1.24 bits per heavy atom. The van der Waals surface area contributed by atoms with Gasteiger partial charge in [-0.25, -0.2) is 13.6 Å². The van der Waals surface area contributed by atoms with Gasteiger partial charge in [-0.15, -0.1) is 0 Å². The number of hydrogen-bond acceptors (Lipinski definition) is 4. The third-order valence-corrected chi connectivity index (χ3v) is 6.27. The summed E-state index contributed by atoms with van der Waals surface area (Å²) >= 11 is 12.4. The molecular weight excluding hydrogens is 387 g/mol. The normalized spacial score (nSPS) is 16.6. The van der Waals surface area contributed by atoms with Gasteiger partial charge in [0, 0.05) is 25.2 Å². The molecule has 25 heavy (non-hydrogen) atoms. The number of carbonyl (C=O) groups excluding carboxylic acids is 1. The lowest BCUT2D eigenvalue weighted by atomic mass is 10.2. The topological polar surface area (TPSA) is 59.1 Å². The number of amides is 1. The van der Waals surface area contributed by atoms with Gasteiger partial charge < -0.3 is 4.74 Å². The van der Waals surface area contributed by atoms with Crippen LogP contribution in [0.4, 0.5) is 0 Å². The molecule has 1 fully saturated rings. The molecule has 0 N–H and O–H groups in total. The molecule has 0 aliphatic carbocycles. The second-order valence-electron chi connectivity index (χ2n) is 5.68. The number of ether oxygens (including phenoxy) is 1. The summed E-state index contributed by atoms with van der Waals surface area (Å²) < 4.78 is 20.1. The molecule has 0 spiro atoms. The second-order valence-corrected chi connectivity index (χ2v) is 7.95. The fourth-order valence-electron chi connectivity index (χ4n) is 2.43. The molecular formula is C16H22Cl2N2O4S. The highest BCUT2D eigenvalue weighted by molar-refractivity contribution is 7.82. The Hall–Kier alpha value is -0.700. The van der Waals surface area contributed by atoms with Crippen LogP contribution < -0.4 is 0 Å². The Kier molecular flexibility index (Phi) is 8.12. The molecule has 9 heteroatoms. The third kappa shape index (κ3) is 5.64. The van der Waals surface area contributed by atoms with Crippen LogP contribution in [0.3, 0.4) is 0 Å². The first-order chi connectivity index (χ1) is 11.9. The molecule has 0 aromatic heterocycles. The van der Waals surface area contributed by atoms with Crippen molar-refractivity contribution < 1.29 is 18.6 Å². The van der Waals surface area contributed by atoms with Crippen molar-refractivity contribution in [2.45, 2.75) is 30.8 Å². The summed E-state index contributed by atoms with van der Waals surface area (Å²) in [4.78, 5) is 17.0. The van der Waals surface area contributed by atoms with Crippen molar-refractivity contribution in [3.63, 3.8) is 0 Å². The fraction of sp³-hybridized carbons (Fsp3) is 0.562. The molecule has 1 aliphatic rings. The van der Waals surface area contributed by atoms with Crippen molar-refractivity contribution in [1.29, 1.82) is 0 Å². The lowest BCUT2D eigenvalue weighted by Gasteiger charge is -2.25. The highest BCUT2D eigenvalue weighted by atomic mass is 35.5. The largest absolute Gasteiger partial charge is 0.367 e. The van der Waals surface area contributed by atoms with E-state index in [1.54, 1.807) is 12.1 Å². The Bertz CT molecular complexity index is 639. The maximum absolute atomic E-state index is 12.8. The molecule has 140 valence electrons. The molecule has 1 unspecified atom stereocenters. The minimum absolute atomic E-state index is 0.115. The average Bonchev–Trinajstić information content (AvgIpc) is 2.62. The Balaban J connectivity index is 2.06. The predicted molar refractivity (Wildman–Crippen MR) is 97.7 cm³/mol. The van der Waals surface area contributed by atoms with Gasteiger partial charge in [0.05, 0.1) is 23.6 Å². The smallest absolute Gasteiger partial charge is 0.271 e. The van der Waals surface area contributed by atoms with E-state index in [9.17, 15) is 9.00 Å². The van der Waals surface area contributed by atoms with E-state index in [1.807, 2.05) is 4.31 Å². The van der Waals surface area contributed by atoms with Crippen molar-refractivity contribution in [3.8, 4) is 0 Å². The zero-order valence-corrected chi connectivity index (χ0v) is 16.6. The monoisotopic (exact) mass is 408 g/mol. The van der Waals surface area contributed by atoms with Gasteiger partial charge in [-0.3, -0.25) is 9.63 Å². The standard InChI is InChI=1S/C16H22Cl2N2O4S/c1-19(23-2)16(21)11-24-10-12-8-15(14(18)9-13(12)17)25(22)20-6-4-3-5-7-20/h8-9H,3-7,10-11H2,1-2H3. The minimum atomic E-state index is -1.33. The highest BCUT2D eigenvalue weighted by Crippen LogP contribution is 2.30. The van der Waals surface area contributed by atoms with Gasteiger partial charge in [-0.2, -0.15) is 0 Å². The number of nitrogens with zero attached hydrogens (tertiary/aromatic N) is 2. The fourth-order valence-corrected chi connectivity index (χ4v) is 4.40. The quantitative estimate of drug-likeness (QED) is 0.650. The Morgan fingerprint density at radius 3 is 2.56 bits per heavy atom. The molecule has 1 saturated heterocycles. The van der Waals surface area contributed by atoms with Gasteiger partial charge in [-0.1, -0.05) is 29.6 Å². The van der Waals surface area contributed by atoms with Crippen LogP contribution >= 0.6 is 23.2 Å². The molecule has 1 heterocycles. The first-order valence-electron chi connectivity index (χ1n) is 7.97. The van der Waals surface area contributed by atoms with Crippen LogP contribution in [0.1, 0.15) is 24.8 Å². The van der Waals surface area contributed by atoms with Gasteiger partial charge in [0.2, 0.25) is 0 Å². The van der Waals surface area contributed by atoms with Gasteiger partial charge in [-0.05, 0) is 30.5 Å². The van der Waals surface area contributed by atoms with Gasteiger partial charge >= 0.3 is 0 Å². The van der Waals surface area contributed by atoms with Gasteiger partial charge in [0.25, 0.3) is 5.91 Å². The molecule has 1 atom stereocenters. The Morgan fingerprint density at radius 2 is 1.92 bits per heavy atom. The highest BCUT2D eigenvalue weighted by Gasteiger charge is 2.21. The van der Waals surface area contributed by atoms with Gasteiger partial charge in [0.15, 0.2) is 0 Å². The van der Waals surface area contributed by atoms with Crippen LogP contribution in [0.5, 0.6) is 0 Å². The summed E-state index contributed by atoms with van der Waals surface area (Å²) in [5.74, 6) is -0.315. The van der Waals surface area contributed by atoms with E-state index in [2.05, 4.69) is 0 Å². The summed E-state index contributed by atoms with van der Waals surface area (Å²) in [6, 6.07) is 3.27. The van der Waals surface area contributed by atoms with Crippen molar-refractivity contribution >= 4 is 40.1 Å². The lowest BCUT2D eigenvalue weighted by molar-refractivity contribution is -0.173. The van der Waals surface area contributed by atoms with E-state index in [0.29, 0.717) is 20.5 Å². The number of hydrogen-bond donors (Lipinski definition) is 0. The minimum Gasteiger partial charge on any atom is -0.367 e. The van der Waals surface area contributed by atoms with Crippen LogP contribution in [-0.2, 0) is 32.0 Å². The SMILES string of the molecule is CON(C)C(=O)COCc1cc(S(=O)N2CCCCC2)c(Cl)cc1Cl. The molecule has 6 nitrogen and oxygen atoms in total. The maximum Gasteiger partial charge on any atom is 0.271 e. The van der Waals surface area contributed by atoms with Crippen LogP contribution in [0.25, 0.3) is 0 Å². The number of likely N-dealkylation sites (N-methyl/N-ethyl adjacent to an activating group) is 1. The summed E-state index contributed by atoms with van der Waals surface area (Å²) in [5.41, 5.74) is 0.638. The number of piperidine rings is 1. The van der Waals surface area contributed by atoms with Crippen LogP contribution in [0.15, 0.2) is 17.0 Å². The average molecular weight is 409 g/mol. The predicted octanol–water partition coefficient (Wildman–Crippen LogP) is 3.04. The number of benzene rings is 1. The lowest BCUT2D eigenvalue weighted by Crippen LogP contribution is -2.31. The van der Waals surface area contributed by atoms with Crippen molar-refractivity contribution in [2.75, 3.05) is 33.9 Å². The molecule has 0 bridgehead atoms. The summed E-state index contributed by atoms with van der Waals surface area (Å²) in [5, 5.41) is 1.87. The van der Waals surface area contributed by atoms with E-state index in [0.717, 1.165) is 37.4 Å². The van der Waals surface area contributed by atoms with Crippen molar-refractivity contribution in [1.82, 2.24) is 9.37 Å². The van der Waals surface area contributed by atoms with Crippen molar-refractivity contribution in [3.05, 3.63) is 27.7 Å². The first-order valence-corrected chi connectivity index (χ1v) is 9.83. The number of rotatable bonds is 7. The van der Waals surface area contributed by atoms with E-state index < -0.39 is 11.0 Å². The molecule has 1 aromatic rings. The number of hydroxylamine groups is 2. The van der Waals surface area contributed by atoms with E-state index in [1.165, 1.54) is 14.2 Å². The maximum atomic E-state index is 12.8. The molecule has 2 rings (SSSR count). The van der Waals surface area contributed by atoms with Crippen LogP contribution in [-0.4, -0.2) is 53.3 Å². The number of halogens is 2. The molecule has 1 amide bonds. The molecule has 0 radical (unpaired) electrons. The van der Waals surface area contributed by atoms with Crippen LogP contribution in [0, 0.1) is 0 Å². The zero-order chi connectivity index (χ0) is 18.4. The Labute approximate surface area is 160 Å². The molecule has 1 aromatic carbocycles. The zero-order valence-electron chi connectivity index (χ0n) is 14.3. The van der Waals surface area contributed by atoms with E-state index in [-0.39, 0.29) is 19.1 Å². The molecule has 1 aliphatic heterocycles. The summed E-state index contributed by atoms with van der Waals surface area (Å²) in [6.45, 7) is 1.54. The van der Waals surface area contributed by atoms with Crippen LogP contribution in [0.2, 0.25) is 10.0 Å². The summed E-state index contributed by atoms with van der Waals surface area (Å²) in [7, 11) is 1.57. The van der Waals surface area contributed by atoms with Crippen molar-refractivity contribution in [2.24, 2.45) is 0 Å². The van der Waals surface area contributed by atoms with E-state index >= 15 is 0 Å². The first kappa shape index (κ1) is 20.6. The van der Waals surface area contributed by atoms with Gasteiger partial charge in [0.1, 0.15) is 17.6 Å². The van der Waals surface area contributed by atoms with E-state index in [4.69, 9.17) is 32.8 Å².